The molecule has 9 nitrogen and oxygen atoms in total. The predicted octanol–water partition coefficient (Wildman–Crippen LogP) is 3.03. The van der Waals surface area contributed by atoms with Crippen molar-refractivity contribution in [3.05, 3.63) is 44.0 Å². The minimum atomic E-state index is -0.790. The number of nitro groups is 2. The molecule has 0 fully saturated rings. The summed E-state index contributed by atoms with van der Waals surface area (Å²) in [6.45, 7) is 2.76. The van der Waals surface area contributed by atoms with E-state index in [1.54, 1.807) is 11.9 Å². The van der Waals surface area contributed by atoms with E-state index in [1.165, 1.54) is 0 Å². The molecule has 0 radical (unpaired) electrons. The number of nitro benzene ring substituents is 2. The third kappa shape index (κ3) is 6.42. The number of carbonyl (C=O) groups excluding carboxylic acids is 1. The Morgan fingerprint density at radius 2 is 1.68 bits per heavy atom. The lowest BCUT2D eigenvalue weighted by Crippen LogP contribution is -2.40. The summed E-state index contributed by atoms with van der Waals surface area (Å²) >= 11 is 5.13. The van der Waals surface area contributed by atoms with Gasteiger partial charge in [0.25, 0.3) is 17.3 Å². The van der Waals surface area contributed by atoms with Crippen LogP contribution in [0.2, 0.25) is 0 Å². The van der Waals surface area contributed by atoms with Crippen molar-refractivity contribution in [2.45, 2.75) is 32.6 Å². The Morgan fingerprint density at radius 1 is 1.12 bits per heavy atom. The van der Waals surface area contributed by atoms with Crippen molar-refractivity contribution in [1.29, 1.82) is 0 Å². The highest BCUT2D eigenvalue weighted by Crippen LogP contribution is 2.22. The average Bonchev–Trinajstić information content (AvgIpc) is 2.57. The molecule has 1 N–H and O–H groups in total. The van der Waals surface area contributed by atoms with E-state index in [9.17, 15) is 25.0 Å². The Kier molecular flexibility index (Phi) is 7.86. The lowest BCUT2D eigenvalue weighted by Gasteiger charge is -2.20. The van der Waals surface area contributed by atoms with Crippen LogP contribution in [0.1, 0.15) is 43.0 Å². The molecule has 0 spiro atoms. The molecule has 0 aliphatic carbocycles. The van der Waals surface area contributed by atoms with Crippen molar-refractivity contribution >= 4 is 34.6 Å². The number of amides is 1. The molecule has 0 aliphatic rings. The molecular weight excluding hydrogens is 348 g/mol. The maximum absolute atomic E-state index is 12.2. The lowest BCUT2D eigenvalue weighted by atomic mass is 10.1. The summed E-state index contributed by atoms with van der Waals surface area (Å²) in [7, 11) is 1.73. The second kappa shape index (κ2) is 9.62. The van der Waals surface area contributed by atoms with Crippen molar-refractivity contribution < 1.29 is 14.6 Å². The second-order valence-corrected chi connectivity index (χ2v) is 5.88. The van der Waals surface area contributed by atoms with E-state index < -0.39 is 27.1 Å². The fraction of sp³-hybridized carbons (Fsp3) is 0.467. The molecule has 25 heavy (non-hydrogen) atoms. The van der Waals surface area contributed by atoms with E-state index in [0.29, 0.717) is 6.54 Å². The van der Waals surface area contributed by atoms with Gasteiger partial charge in [0.05, 0.1) is 21.5 Å². The minimum Gasteiger partial charge on any atom is -0.352 e. The van der Waals surface area contributed by atoms with Gasteiger partial charge in [0.15, 0.2) is 5.11 Å². The summed E-state index contributed by atoms with van der Waals surface area (Å²) < 4.78 is 0. The summed E-state index contributed by atoms with van der Waals surface area (Å²) in [6.07, 6.45) is 4.19. The molecular formula is C15H20N4O5S. The van der Waals surface area contributed by atoms with Gasteiger partial charge in [-0.25, -0.2) is 0 Å². The standard InChI is InChI=1S/C15H20N4O5S/c1-3-4-5-6-7-17(2)15(25)16-14(20)11-8-12(18(21)22)10-13(9-11)19(23)24/h8-10H,3-7H2,1-2H3,(H,16,20,25). The number of hydrogen-bond acceptors (Lipinski definition) is 6. The van der Waals surface area contributed by atoms with Gasteiger partial charge in [-0.2, -0.15) is 0 Å². The maximum Gasteiger partial charge on any atom is 0.277 e. The van der Waals surface area contributed by atoms with Gasteiger partial charge in [0, 0.05) is 25.7 Å². The minimum absolute atomic E-state index is 0.163. The van der Waals surface area contributed by atoms with Crippen molar-refractivity contribution in [3.8, 4) is 0 Å². The number of non-ortho nitro benzene ring substituents is 2. The van der Waals surface area contributed by atoms with E-state index in [4.69, 9.17) is 12.2 Å². The molecule has 10 heteroatoms. The van der Waals surface area contributed by atoms with Gasteiger partial charge in [-0.1, -0.05) is 26.2 Å². The fourth-order valence-corrected chi connectivity index (χ4v) is 2.26. The van der Waals surface area contributed by atoms with Gasteiger partial charge in [-0.05, 0) is 18.6 Å². The molecule has 0 atom stereocenters. The number of unbranched alkanes of at least 4 members (excludes halogenated alkanes) is 3. The molecule has 0 saturated heterocycles. The first-order valence-electron chi connectivity index (χ1n) is 7.76. The van der Waals surface area contributed by atoms with Crippen molar-refractivity contribution in [2.75, 3.05) is 13.6 Å². The van der Waals surface area contributed by atoms with Crippen LogP contribution in [0.5, 0.6) is 0 Å². The summed E-state index contributed by atoms with van der Waals surface area (Å²) in [5, 5.41) is 24.3. The molecule has 136 valence electrons. The van der Waals surface area contributed by atoms with Gasteiger partial charge < -0.3 is 4.90 Å². The number of thiocarbonyl (C=S) groups is 1. The van der Waals surface area contributed by atoms with Crippen LogP contribution in [0.15, 0.2) is 18.2 Å². The molecule has 0 bridgehead atoms. The monoisotopic (exact) mass is 368 g/mol. The summed E-state index contributed by atoms with van der Waals surface area (Å²) in [5.74, 6) is -0.725. The molecule has 0 unspecified atom stereocenters. The van der Waals surface area contributed by atoms with Crippen LogP contribution in [0.4, 0.5) is 11.4 Å². The summed E-state index contributed by atoms with van der Waals surface area (Å²) in [5.41, 5.74) is -1.25. The molecule has 1 aromatic carbocycles. The number of rotatable bonds is 8. The van der Waals surface area contributed by atoms with E-state index in [0.717, 1.165) is 43.9 Å². The number of benzene rings is 1. The molecule has 0 aliphatic heterocycles. The van der Waals surface area contributed by atoms with Crippen LogP contribution < -0.4 is 5.32 Å². The van der Waals surface area contributed by atoms with Crippen LogP contribution in [-0.4, -0.2) is 39.4 Å². The highest BCUT2D eigenvalue weighted by atomic mass is 32.1. The van der Waals surface area contributed by atoms with E-state index in [2.05, 4.69) is 12.2 Å². The molecule has 0 saturated carbocycles. The zero-order valence-electron chi connectivity index (χ0n) is 14.1. The van der Waals surface area contributed by atoms with Crippen molar-refractivity contribution in [3.63, 3.8) is 0 Å². The Hall–Kier alpha value is -2.62. The SMILES string of the molecule is CCCCCCN(C)C(=S)NC(=O)c1cc([N+](=O)[O-])cc([N+](=O)[O-])c1. The average molecular weight is 368 g/mol. The van der Waals surface area contributed by atoms with Crippen LogP contribution in [-0.2, 0) is 0 Å². The van der Waals surface area contributed by atoms with Gasteiger partial charge >= 0.3 is 0 Å². The largest absolute Gasteiger partial charge is 0.352 e. The quantitative estimate of drug-likeness (QED) is 0.324. The van der Waals surface area contributed by atoms with E-state index in [-0.39, 0.29) is 10.7 Å². The second-order valence-electron chi connectivity index (χ2n) is 5.49. The topological polar surface area (TPSA) is 119 Å². The van der Waals surface area contributed by atoms with Crippen molar-refractivity contribution in [2.24, 2.45) is 0 Å². The van der Waals surface area contributed by atoms with Crippen LogP contribution in [0.3, 0.4) is 0 Å². The van der Waals surface area contributed by atoms with E-state index >= 15 is 0 Å². The smallest absolute Gasteiger partial charge is 0.277 e. The number of carbonyl (C=O) groups is 1. The first kappa shape index (κ1) is 20.4. The zero-order chi connectivity index (χ0) is 19.0. The third-order valence-electron chi connectivity index (χ3n) is 3.50. The predicted molar refractivity (Wildman–Crippen MR) is 96.6 cm³/mol. The van der Waals surface area contributed by atoms with Crippen LogP contribution in [0.25, 0.3) is 0 Å². The van der Waals surface area contributed by atoms with Crippen LogP contribution in [0, 0.1) is 20.2 Å². The lowest BCUT2D eigenvalue weighted by molar-refractivity contribution is -0.394. The molecule has 0 aromatic heterocycles. The Bertz CT molecular complexity index is 648. The first-order valence-corrected chi connectivity index (χ1v) is 8.17. The van der Waals surface area contributed by atoms with Gasteiger partial charge in [-0.3, -0.25) is 30.3 Å². The first-order chi connectivity index (χ1) is 11.8. The summed E-state index contributed by atoms with van der Waals surface area (Å²) in [4.78, 5) is 34.1. The zero-order valence-corrected chi connectivity index (χ0v) is 14.9. The fourth-order valence-electron chi connectivity index (χ4n) is 2.08. The normalized spacial score (nSPS) is 10.2. The van der Waals surface area contributed by atoms with Gasteiger partial charge in [0.1, 0.15) is 0 Å². The van der Waals surface area contributed by atoms with Gasteiger partial charge in [-0.15, -0.1) is 0 Å². The van der Waals surface area contributed by atoms with Crippen molar-refractivity contribution in [1.82, 2.24) is 10.2 Å². The Morgan fingerprint density at radius 3 is 2.16 bits per heavy atom. The number of nitrogens with one attached hydrogen (secondary N) is 1. The Balaban J connectivity index is 2.80. The number of nitrogens with zero attached hydrogens (tertiary/aromatic N) is 3. The Labute approximate surface area is 150 Å². The number of hydrogen-bond donors (Lipinski definition) is 1. The molecule has 0 heterocycles. The highest BCUT2D eigenvalue weighted by Gasteiger charge is 2.20. The third-order valence-corrected chi connectivity index (χ3v) is 3.91. The highest BCUT2D eigenvalue weighted by molar-refractivity contribution is 7.80. The molecule has 1 amide bonds. The van der Waals surface area contributed by atoms with Gasteiger partial charge in [0.2, 0.25) is 0 Å². The molecule has 1 rings (SSSR count). The maximum atomic E-state index is 12.2. The summed E-state index contributed by atoms with van der Waals surface area (Å²) in [6, 6.07) is 2.76. The van der Waals surface area contributed by atoms with E-state index in [1.807, 2.05) is 0 Å². The van der Waals surface area contributed by atoms with Crippen LogP contribution >= 0.6 is 12.2 Å². The molecule has 1 aromatic rings.